The van der Waals surface area contributed by atoms with Crippen molar-refractivity contribution in [3.63, 3.8) is 0 Å². The first-order valence-corrected chi connectivity index (χ1v) is 11.3. The first-order chi connectivity index (χ1) is 15.5. The van der Waals surface area contributed by atoms with E-state index in [9.17, 15) is 20.1 Å². The number of aliphatic hydroxyl groups is 2. The highest BCUT2D eigenvalue weighted by Crippen LogP contribution is 2.43. The Balaban J connectivity index is 1.71. The average Bonchev–Trinajstić information content (AvgIpc) is 3.15. The number of phenols is 1. The molecule has 4 rings (SSSR count). The fourth-order valence-corrected chi connectivity index (χ4v) is 5.08. The summed E-state index contributed by atoms with van der Waals surface area (Å²) in [7, 11) is 0. The highest BCUT2D eigenvalue weighted by molar-refractivity contribution is 5.96. The van der Waals surface area contributed by atoms with Crippen LogP contribution in [0.15, 0.2) is 22.1 Å². The predicted molar refractivity (Wildman–Crippen MR) is 128 cm³/mol. The summed E-state index contributed by atoms with van der Waals surface area (Å²) in [4.78, 5) is 23.4. The van der Waals surface area contributed by atoms with Gasteiger partial charge in [0.05, 0.1) is 6.54 Å². The third-order valence-corrected chi connectivity index (χ3v) is 6.93. The van der Waals surface area contributed by atoms with E-state index in [1.54, 1.807) is 12.1 Å². The van der Waals surface area contributed by atoms with Crippen LogP contribution in [0.3, 0.4) is 0 Å². The SMILES string of the molecule is CC(C)(C)c1cc(C(=O)NC2CN3C(N)=NCC4N=C(N)NC43C2(O)O)cc(C(C)(C)C)c1O. The smallest absolute Gasteiger partial charge is 0.251 e. The minimum absolute atomic E-state index is 0.0171. The number of guanidine groups is 2. The van der Waals surface area contributed by atoms with E-state index in [0.29, 0.717) is 16.7 Å². The van der Waals surface area contributed by atoms with E-state index in [1.165, 1.54) is 4.90 Å². The van der Waals surface area contributed by atoms with Crippen molar-refractivity contribution in [3.05, 3.63) is 28.8 Å². The monoisotopic (exact) mass is 473 g/mol. The van der Waals surface area contributed by atoms with E-state index in [0.717, 1.165) is 0 Å². The minimum atomic E-state index is -2.46. The number of aliphatic imine (C=N–C) groups is 2. The molecule has 3 unspecified atom stereocenters. The lowest BCUT2D eigenvalue weighted by molar-refractivity contribution is -0.228. The van der Waals surface area contributed by atoms with Crippen LogP contribution in [-0.4, -0.2) is 74.7 Å². The number of nitrogens with zero attached hydrogens (tertiary/aromatic N) is 3. The molecule has 34 heavy (non-hydrogen) atoms. The van der Waals surface area contributed by atoms with E-state index in [4.69, 9.17) is 11.5 Å². The molecular weight excluding hydrogens is 438 g/mol. The number of phenolic OH excluding ortho intramolecular Hbond substituents is 1. The molecule has 3 heterocycles. The minimum Gasteiger partial charge on any atom is -0.507 e. The third kappa shape index (κ3) is 3.37. The van der Waals surface area contributed by atoms with Crippen molar-refractivity contribution >= 4 is 17.8 Å². The number of amides is 1. The van der Waals surface area contributed by atoms with Crippen LogP contribution in [0.25, 0.3) is 0 Å². The fraction of sp³-hybridized carbons (Fsp3) is 0.609. The second-order valence-electron chi connectivity index (χ2n) is 11.4. The van der Waals surface area contributed by atoms with Gasteiger partial charge < -0.3 is 42.3 Å². The molecule has 3 aliphatic heterocycles. The highest BCUT2D eigenvalue weighted by Gasteiger charge is 2.71. The Morgan fingerprint density at radius 2 is 1.71 bits per heavy atom. The van der Waals surface area contributed by atoms with Crippen molar-refractivity contribution in [1.82, 2.24) is 15.5 Å². The Hall–Kier alpha value is -3.05. The molecule has 186 valence electrons. The molecule has 0 aromatic heterocycles. The zero-order chi connectivity index (χ0) is 25.4. The van der Waals surface area contributed by atoms with Gasteiger partial charge in [0.25, 0.3) is 5.91 Å². The maximum atomic E-state index is 13.4. The van der Waals surface area contributed by atoms with E-state index in [-0.39, 0.29) is 30.8 Å². The van der Waals surface area contributed by atoms with Crippen LogP contribution in [0, 0.1) is 0 Å². The molecule has 1 fully saturated rings. The average molecular weight is 474 g/mol. The Kier molecular flexibility index (Phi) is 5.12. The number of carbonyl (C=O) groups excluding carboxylic acids is 1. The van der Waals surface area contributed by atoms with Crippen molar-refractivity contribution < 1.29 is 20.1 Å². The molecule has 0 aliphatic carbocycles. The Morgan fingerprint density at radius 3 is 2.24 bits per heavy atom. The van der Waals surface area contributed by atoms with Crippen LogP contribution in [-0.2, 0) is 10.8 Å². The number of hydrogen-bond donors (Lipinski definition) is 7. The molecule has 9 N–H and O–H groups in total. The number of carbonyl (C=O) groups is 1. The zero-order valence-corrected chi connectivity index (χ0v) is 20.5. The summed E-state index contributed by atoms with van der Waals surface area (Å²) in [5.74, 6) is -2.67. The summed E-state index contributed by atoms with van der Waals surface area (Å²) in [5.41, 5.74) is 11.1. The molecule has 1 amide bonds. The lowest BCUT2D eigenvalue weighted by atomic mass is 9.78. The lowest BCUT2D eigenvalue weighted by Gasteiger charge is -2.46. The lowest BCUT2D eigenvalue weighted by Crippen LogP contribution is -2.76. The van der Waals surface area contributed by atoms with Crippen LogP contribution in [0.2, 0.25) is 0 Å². The maximum Gasteiger partial charge on any atom is 0.251 e. The quantitative estimate of drug-likeness (QED) is 0.278. The molecule has 3 aliphatic rings. The maximum absolute atomic E-state index is 13.4. The van der Waals surface area contributed by atoms with Gasteiger partial charge in [-0.3, -0.25) is 9.79 Å². The van der Waals surface area contributed by atoms with Crippen LogP contribution in [0.4, 0.5) is 0 Å². The van der Waals surface area contributed by atoms with Crippen molar-refractivity contribution in [3.8, 4) is 5.75 Å². The van der Waals surface area contributed by atoms with Gasteiger partial charge in [0, 0.05) is 23.2 Å². The van der Waals surface area contributed by atoms with Crippen LogP contribution < -0.4 is 22.1 Å². The summed E-state index contributed by atoms with van der Waals surface area (Å²) in [5, 5.41) is 39.2. The largest absolute Gasteiger partial charge is 0.507 e. The number of aromatic hydroxyl groups is 1. The normalized spacial score (nSPS) is 27.9. The fourth-order valence-electron chi connectivity index (χ4n) is 5.08. The summed E-state index contributed by atoms with van der Waals surface area (Å²) in [6, 6.07) is 1.47. The number of nitrogens with one attached hydrogen (secondary N) is 2. The predicted octanol–water partition coefficient (Wildman–Crippen LogP) is -0.607. The van der Waals surface area contributed by atoms with Gasteiger partial charge in [-0.05, 0) is 23.0 Å². The Morgan fingerprint density at radius 1 is 1.15 bits per heavy atom. The summed E-state index contributed by atoms with van der Waals surface area (Å²) in [6.45, 7) is 11.8. The van der Waals surface area contributed by atoms with Crippen LogP contribution in [0.1, 0.15) is 63.0 Å². The van der Waals surface area contributed by atoms with Gasteiger partial charge >= 0.3 is 0 Å². The molecule has 0 radical (unpaired) electrons. The van der Waals surface area contributed by atoms with Gasteiger partial charge in [-0.15, -0.1) is 0 Å². The standard InChI is InChI=1S/C23H35N7O4/c1-20(2,3)12-7-11(8-13(16(12)31)21(4,5)6)17(32)27-15-10-30-19(25)26-9-14-22(30,23(15,33)34)29-18(24)28-14/h7-8,14-15,31,33-34H,9-10H2,1-6H3,(H2,25,26)(H,27,32)(H3,24,28,29). The molecule has 11 nitrogen and oxygen atoms in total. The van der Waals surface area contributed by atoms with Crippen LogP contribution >= 0.6 is 0 Å². The number of benzene rings is 1. The third-order valence-electron chi connectivity index (χ3n) is 6.93. The molecule has 1 spiro atoms. The number of nitrogens with two attached hydrogens (primary N) is 2. The van der Waals surface area contributed by atoms with E-state index < -0.39 is 40.3 Å². The van der Waals surface area contributed by atoms with Crippen molar-refractivity contribution in [2.75, 3.05) is 13.1 Å². The topological polar surface area (TPSA) is 182 Å². The first-order valence-electron chi connectivity index (χ1n) is 11.3. The molecule has 1 aromatic carbocycles. The summed E-state index contributed by atoms with van der Waals surface area (Å²) in [6.07, 6.45) is 0. The Bertz CT molecular complexity index is 1060. The molecule has 1 saturated heterocycles. The van der Waals surface area contributed by atoms with Gasteiger partial charge in [-0.25, -0.2) is 4.99 Å². The second kappa shape index (κ2) is 7.22. The molecule has 0 bridgehead atoms. The summed E-state index contributed by atoms with van der Waals surface area (Å²) >= 11 is 0. The second-order valence-corrected chi connectivity index (χ2v) is 11.4. The summed E-state index contributed by atoms with van der Waals surface area (Å²) < 4.78 is 0. The number of rotatable bonds is 2. The van der Waals surface area contributed by atoms with E-state index in [2.05, 4.69) is 20.6 Å². The van der Waals surface area contributed by atoms with Gasteiger partial charge in [-0.2, -0.15) is 0 Å². The van der Waals surface area contributed by atoms with Gasteiger partial charge in [0.1, 0.15) is 17.8 Å². The molecule has 0 saturated carbocycles. The Labute approximate surface area is 198 Å². The molecule has 3 atom stereocenters. The van der Waals surface area contributed by atoms with Crippen molar-refractivity contribution in [1.29, 1.82) is 0 Å². The van der Waals surface area contributed by atoms with Gasteiger partial charge in [-0.1, -0.05) is 41.5 Å². The molecule has 1 aromatic rings. The zero-order valence-electron chi connectivity index (χ0n) is 20.5. The van der Waals surface area contributed by atoms with E-state index >= 15 is 0 Å². The number of hydrogen-bond acceptors (Lipinski definition) is 10. The van der Waals surface area contributed by atoms with Gasteiger partial charge in [0.2, 0.25) is 5.79 Å². The molecular formula is C23H35N7O4. The molecule has 11 heteroatoms. The van der Waals surface area contributed by atoms with Crippen molar-refractivity contribution in [2.45, 2.75) is 75.9 Å². The highest BCUT2D eigenvalue weighted by atomic mass is 16.5. The first kappa shape index (κ1) is 24.1. The van der Waals surface area contributed by atoms with Gasteiger partial charge in [0.15, 0.2) is 17.6 Å². The van der Waals surface area contributed by atoms with Crippen molar-refractivity contribution in [2.24, 2.45) is 21.5 Å². The van der Waals surface area contributed by atoms with Crippen LogP contribution in [0.5, 0.6) is 5.75 Å². The van der Waals surface area contributed by atoms with E-state index in [1.807, 2.05) is 41.5 Å².